The van der Waals surface area contributed by atoms with Gasteiger partial charge in [-0.15, -0.1) is 6.58 Å². The van der Waals surface area contributed by atoms with Gasteiger partial charge in [-0.1, -0.05) is 5.57 Å². The Morgan fingerprint density at radius 2 is 2.36 bits per heavy atom. The first-order valence-corrected chi connectivity index (χ1v) is 4.20. The summed E-state index contributed by atoms with van der Waals surface area (Å²) >= 11 is 0. The molecule has 0 saturated carbocycles. The monoisotopic (exact) mass is 196 g/mol. The number of carboxylic acids is 1. The summed E-state index contributed by atoms with van der Waals surface area (Å²) in [5.74, 6) is -0.987. The van der Waals surface area contributed by atoms with E-state index >= 15 is 0 Å². The minimum absolute atomic E-state index is 0.115. The van der Waals surface area contributed by atoms with Crippen LogP contribution in [0.3, 0.4) is 0 Å². The van der Waals surface area contributed by atoms with Crippen molar-refractivity contribution in [2.45, 2.75) is 13.3 Å². The molecular weight excluding hydrogens is 184 g/mol. The average molecular weight is 196 g/mol. The van der Waals surface area contributed by atoms with Crippen LogP contribution in [-0.2, 0) is 0 Å². The van der Waals surface area contributed by atoms with Crippen molar-refractivity contribution in [2.24, 2.45) is 0 Å². The highest BCUT2D eigenvalue weighted by atomic mass is 16.6. The summed E-state index contributed by atoms with van der Waals surface area (Å²) in [7, 11) is 0. The van der Waals surface area contributed by atoms with E-state index in [1.54, 1.807) is 0 Å². The van der Waals surface area contributed by atoms with E-state index in [0.717, 1.165) is 12.0 Å². The Labute approximate surface area is 81.8 Å². The lowest BCUT2D eigenvalue weighted by molar-refractivity contribution is 0.0653. The van der Waals surface area contributed by atoms with Crippen LogP contribution < -0.4 is 4.74 Å². The highest BCUT2D eigenvalue weighted by molar-refractivity contribution is 5.84. The molecule has 0 fully saturated rings. The topological polar surface area (TPSA) is 59.7 Å². The molecule has 0 aliphatic heterocycles. The van der Waals surface area contributed by atoms with E-state index in [2.05, 4.69) is 6.58 Å². The summed E-state index contributed by atoms with van der Waals surface area (Å²) in [5.41, 5.74) is 1.01. The maximum Gasteiger partial charge on any atom is 0.371 e. The molecule has 0 aliphatic rings. The molecule has 0 aromatic carbocycles. The summed E-state index contributed by atoms with van der Waals surface area (Å²) in [4.78, 5) is 10.4. The number of carboxylic acid groups (broad SMARTS) is 1. The molecule has 1 rings (SSSR count). The zero-order valence-corrected chi connectivity index (χ0v) is 7.95. The smallest absolute Gasteiger partial charge is 0.371 e. The maximum atomic E-state index is 10.4. The quantitative estimate of drug-likeness (QED) is 0.734. The normalized spacial score (nSPS) is 9.79. The largest absolute Gasteiger partial charge is 0.475 e. The molecule has 4 heteroatoms. The highest BCUT2D eigenvalue weighted by Crippen LogP contribution is 2.16. The molecule has 0 saturated heterocycles. The number of rotatable bonds is 5. The Kier molecular flexibility index (Phi) is 3.34. The van der Waals surface area contributed by atoms with E-state index in [-0.39, 0.29) is 11.7 Å². The Hall–Kier alpha value is -1.71. The van der Waals surface area contributed by atoms with Crippen LogP contribution in [0.25, 0.3) is 0 Å². The van der Waals surface area contributed by atoms with Crippen molar-refractivity contribution in [3.63, 3.8) is 0 Å². The first-order valence-electron chi connectivity index (χ1n) is 4.20. The Morgan fingerprint density at radius 1 is 1.64 bits per heavy atom. The molecular formula is C10H12O4. The van der Waals surface area contributed by atoms with Crippen LogP contribution >= 0.6 is 0 Å². The lowest BCUT2D eigenvalue weighted by atomic mass is 10.3. The third-order valence-electron chi connectivity index (χ3n) is 1.57. The average Bonchev–Trinajstić information content (AvgIpc) is 2.52. The van der Waals surface area contributed by atoms with Crippen LogP contribution in [0.4, 0.5) is 0 Å². The fourth-order valence-electron chi connectivity index (χ4n) is 0.839. The predicted octanol–water partition coefficient (Wildman–Crippen LogP) is 2.32. The molecule has 0 atom stereocenters. The van der Waals surface area contributed by atoms with Crippen molar-refractivity contribution in [3.05, 3.63) is 30.0 Å². The van der Waals surface area contributed by atoms with Gasteiger partial charge in [-0.05, 0) is 13.0 Å². The van der Waals surface area contributed by atoms with Crippen LogP contribution in [0.15, 0.2) is 28.7 Å². The van der Waals surface area contributed by atoms with Crippen LogP contribution in [0.2, 0.25) is 0 Å². The van der Waals surface area contributed by atoms with Gasteiger partial charge < -0.3 is 14.3 Å². The van der Waals surface area contributed by atoms with Gasteiger partial charge in [-0.25, -0.2) is 4.79 Å². The van der Waals surface area contributed by atoms with Gasteiger partial charge in [0.05, 0.1) is 6.61 Å². The minimum Gasteiger partial charge on any atom is -0.475 e. The Morgan fingerprint density at radius 3 is 2.86 bits per heavy atom. The molecule has 1 heterocycles. The Bertz CT molecular complexity index is 338. The number of aromatic carboxylic acids is 1. The van der Waals surface area contributed by atoms with Crippen molar-refractivity contribution < 1.29 is 19.1 Å². The second kappa shape index (κ2) is 4.50. The molecule has 1 aromatic rings. The minimum atomic E-state index is -1.10. The van der Waals surface area contributed by atoms with E-state index in [1.165, 1.54) is 12.1 Å². The molecule has 76 valence electrons. The summed E-state index contributed by atoms with van der Waals surface area (Å²) in [5, 5.41) is 8.55. The maximum absolute atomic E-state index is 10.4. The van der Waals surface area contributed by atoms with Gasteiger partial charge in [-0.3, -0.25) is 0 Å². The molecule has 4 nitrogen and oxygen atoms in total. The van der Waals surface area contributed by atoms with Gasteiger partial charge in [0.1, 0.15) is 0 Å². The lowest BCUT2D eigenvalue weighted by Gasteiger charge is -2.00. The SMILES string of the molecule is C=C(C)CCOc1ccc(C(=O)O)o1. The van der Waals surface area contributed by atoms with E-state index in [0.29, 0.717) is 6.61 Å². The molecule has 0 radical (unpaired) electrons. The van der Waals surface area contributed by atoms with E-state index in [1.807, 2.05) is 6.92 Å². The molecule has 0 spiro atoms. The third-order valence-corrected chi connectivity index (χ3v) is 1.57. The fraction of sp³-hybridized carbons (Fsp3) is 0.300. The summed E-state index contributed by atoms with van der Waals surface area (Å²) < 4.78 is 10.0. The number of hydrogen-bond acceptors (Lipinski definition) is 3. The van der Waals surface area contributed by atoms with Crippen LogP contribution in [-0.4, -0.2) is 17.7 Å². The summed E-state index contributed by atoms with van der Waals surface area (Å²) in [6.07, 6.45) is 0.725. The van der Waals surface area contributed by atoms with Crippen molar-refractivity contribution in [1.82, 2.24) is 0 Å². The first-order chi connectivity index (χ1) is 6.59. The molecule has 0 unspecified atom stereocenters. The highest BCUT2D eigenvalue weighted by Gasteiger charge is 2.08. The second-order valence-corrected chi connectivity index (χ2v) is 2.98. The Balaban J connectivity index is 2.44. The van der Waals surface area contributed by atoms with E-state index in [4.69, 9.17) is 14.3 Å². The number of ether oxygens (including phenoxy) is 1. The van der Waals surface area contributed by atoms with Gasteiger partial charge in [0.2, 0.25) is 5.76 Å². The van der Waals surface area contributed by atoms with Crippen LogP contribution in [0.1, 0.15) is 23.9 Å². The lowest BCUT2D eigenvalue weighted by Crippen LogP contribution is -1.96. The van der Waals surface area contributed by atoms with E-state index < -0.39 is 5.97 Å². The van der Waals surface area contributed by atoms with Gasteiger partial charge >= 0.3 is 5.97 Å². The number of carbonyl (C=O) groups is 1. The van der Waals surface area contributed by atoms with Gasteiger partial charge in [0, 0.05) is 12.5 Å². The fourth-order valence-corrected chi connectivity index (χ4v) is 0.839. The van der Waals surface area contributed by atoms with Crippen molar-refractivity contribution in [2.75, 3.05) is 6.61 Å². The second-order valence-electron chi connectivity index (χ2n) is 2.98. The van der Waals surface area contributed by atoms with Gasteiger partial charge in [0.25, 0.3) is 5.95 Å². The van der Waals surface area contributed by atoms with Gasteiger partial charge in [0.15, 0.2) is 0 Å². The molecule has 0 bridgehead atoms. The molecule has 0 amide bonds. The number of furan rings is 1. The zero-order chi connectivity index (χ0) is 10.6. The summed E-state index contributed by atoms with van der Waals surface area (Å²) in [6, 6.07) is 2.85. The van der Waals surface area contributed by atoms with Crippen molar-refractivity contribution in [3.8, 4) is 5.95 Å². The van der Waals surface area contributed by atoms with Crippen molar-refractivity contribution >= 4 is 5.97 Å². The summed E-state index contributed by atoms with van der Waals surface area (Å²) in [6.45, 7) is 6.06. The van der Waals surface area contributed by atoms with E-state index in [9.17, 15) is 4.79 Å². The third kappa shape index (κ3) is 2.97. The molecule has 1 aromatic heterocycles. The zero-order valence-electron chi connectivity index (χ0n) is 7.95. The predicted molar refractivity (Wildman–Crippen MR) is 50.6 cm³/mol. The van der Waals surface area contributed by atoms with Crippen molar-refractivity contribution in [1.29, 1.82) is 0 Å². The molecule has 14 heavy (non-hydrogen) atoms. The first kappa shape index (κ1) is 10.4. The molecule has 0 aliphatic carbocycles. The standard InChI is InChI=1S/C10H12O4/c1-7(2)5-6-13-9-4-3-8(14-9)10(11)12/h3-4H,1,5-6H2,2H3,(H,11,12). The molecule has 1 N–H and O–H groups in total. The van der Waals surface area contributed by atoms with Gasteiger partial charge in [-0.2, -0.15) is 0 Å². The van der Waals surface area contributed by atoms with Crippen LogP contribution in [0, 0.1) is 0 Å². The number of hydrogen-bond donors (Lipinski definition) is 1. The van der Waals surface area contributed by atoms with Crippen LogP contribution in [0.5, 0.6) is 5.95 Å².